The van der Waals surface area contributed by atoms with Crippen molar-refractivity contribution in [3.05, 3.63) is 62.1 Å². The maximum absolute atomic E-state index is 10.9. The molecule has 0 fully saturated rings. The summed E-state index contributed by atoms with van der Waals surface area (Å²) in [5.41, 5.74) is 2.48. The Kier molecular flexibility index (Phi) is 4.80. The molecule has 110 valence electrons. The quantitative estimate of drug-likeness (QED) is 0.645. The van der Waals surface area contributed by atoms with Gasteiger partial charge < -0.3 is 10.1 Å². The van der Waals surface area contributed by atoms with Crippen LogP contribution in [0, 0.1) is 17.0 Å². The van der Waals surface area contributed by atoms with Gasteiger partial charge in [0, 0.05) is 28.3 Å². The highest BCUT2D eigenvalue weighted by molar-refractivity contribution is 9.10. The number of nitro benzene ring substituents is 1. The number of nitrogens with zero attached hydrogens (tertiary/aromatic N) is 1. The molecule has 5 nitrogen and oxygen atoms in total. The Morgan fingerprint density at radius 3 is 2.71 bits per heavy atom. The van der Waals surface area contributed by atoms with E-state index >= 15 is 0 Å². The zero-order valence-electron chi connectivity index (χ0n) is 11.7. The molecule has 0 bridgehead atoms. The highest BCUT2D eigenvalue weighted by atomic mass is 79.9. The van der Waals surface area contributed by atoms with Crippen LogP contribution >= 0.6 is 15.9 Å². The number of hydrogen-bond acceptors (Lipinski definition) is 4. The molecule has 0 saturated heterocycles. The lowest BCUT2D eigenvalue weighted by Gasteiger charge is -2.10. The molecule has 0 radical (unpaired) electrons. The van der Waals surface area contributed by atoms with Gasteiger partial charge in [-0.25, -0.2) is 0 Å². The lowest BCUT2D eigenvalue weighted by molar-refractivity contribution is -0.385. The van der Waals surface area contributed by atoms with Crippen molar-refractivity contribution in [1.29, 1.82) is 0 Å². The first-order chi connectivity index (χ1) is 10.0. The number of hydrogen-bond donors (Lipinski definition) is 1. The van der Waals surface area contributed by atoms with Crippen LogP contribution in [0.15, 0.2) is 40.9 Å². The van der Waals surface area contributed by atoms with Crippen LogP contribution in [0.4, 0.5) is 11.4 Å². The number of rotatable bonds is 5. The van der Waals surface area contributed by atoms with E-state index in [1.165, 1.54) is 0 Å². The van der Waals surface area contributed by atoms with E-state index in [-0.39, 0.29) is 10.6 Å². The smallest absolute Gasteiger partial charge is 0.274 e. The zero-order valence-corrected chi connectivity index (χ0v) is 13.3. The average molecular weight is 351 g/mol. The Morgan fingerprint density at radius 2 is 2.05 bits per heavy atom. The SMILES string of the molecule is COc1ccc(Br)c(CNc2ccc(C)c([N+](=O)[O-])c2)c1. The van der Waals surface area contributed by atoms with E-state index in [2.05, 4.69) is 21.2 Å². The first kappa shape index (κ1) is 15.3. The van der Waals surface area contributed by atoms with Crippen LogP contribution in [0.25, 0.3) is 0 Å². The predicted octanol–water partition coefficient (Wildman–Crippen LogP) is 4.29. The number of methoxy groups -OCH3 is 1. The van der Waals surface area contributed by atoms with Gasteiger partial charge in [-0.05, 0) is 36.8 Å². The zero-order chi connectivity index (χ0) is 15.4. The van der Waals surface area contributed by atoms with Crippen LogP contribution in [0.5, 0.6) is 5.75 Å². The minimum atomic E-state index is -0.373. The molecule has 0 atom stereocenters. The minimum Gasteiger partial charge on any atom is -0.497 e. The lowest BCUT2D eigenvalue weighted by atomic mass is 10.1. The van der Waals surface area contributed by atoms with Gasteiger partial charge in [-0.3, -0.25) is 10.1 Å². The molecule has 21 heavy (non-hydrogen) atoms. The van der Waals surface area contributed by atoms with Crippen LogP contribution < -0.4 is 10.1 Å². The van der Waals surface area contributed by atoms with Crippen LogP contribution in [-0.4, -0.2) is 12.0 Å². The minimum absolute atomic E-state index is 0.115. The molecule has 0 spiro atoms. The summed E-state index contributed by atoms with van der Waals surface area (Å²) < 4.78 is 6.15. The molecule has 2 aromatic rings. The Bertz CT molecular complexity index is 674. The maximum atomic E-state index is 10.9. The summed E-state index contributed by atoms with van der Waals surface area (Å²) in [4.78, 5) is 10.6. The van der Waals surface area contributed by atoms with Gasteiger partial charge in [0.1, 0.15) is 5.75 Å². The largest absolute Gasteiger partial charge is 0.497 e. The molecule has 6 heteroatoms. The number of anilines is 1. The van der Waals surface area contributed by atoms with Crippen molar-refractivity contribution >= 4 is 27.3 Å². The van der Waals surface area contributed by atoms with Crippen molar-refractivity contribution in [2.24, 2.45) is 0 Å². The fourth-order valence-corrected chi connectivity index (χ4v) is 2.31. The number of ether oxygens (including phenoxy) is 1. The molecule has 0 unspecified atom stereocenters. The summed E-state index contributed by atoms with van der Waals surface area (Å²) in [6, 6.07) is 10.8. The summed E-state index contributed by atoms with van der Waals surface area (Å²) >= 11 is 3.48. The van der Waals surface area contributed by atoms with Crippen molar-refractivity contribution in [2.45, 2.75) is 13.5 Å². The maximum Gasteiger partial charge on any atom is 0.274 e. The standard InChI is InChI=1S/C15H15BrN2O3/c1-10-3-4-12(8-15(10)18(19)20)17-9-11-7-13(21-2)5-6-14(11)16/h3-8,17H,9H2,1-2H3. The molecule has 0 amide bonds. The summed E-state index contributed by atoms with van der Waals surface area (Å²) in [5.74, 6) is 0.768. The van der Waals surface area contributed by atoms with Gasteiger partial charge in [0.15, 0.2) is 0 Å². The first-order valence-corrected chi connectivity index (χ1v) is 7.12. The fraction of sp³-hybridized carbons (Fsp3) is 0.200. The van der Waals surface area contributed by atoms with Gasteiger partial charge in [0.2, 0.25) is 0 Å². The Hall–Kier alpha value is -2.08. The first-order valence-electron chi connectivity index (χ1n) is 6.32. The Balaban J connectivity index is 2.16. The Labute approximate surface area is 131 Å². The molecular formula is C15H15BrN2O3. The van der Waals surface area contributed by atoms with E-state index in [0.717, 1.165) is 15.8 Å². The second kappa shape index (κ2) is 6.58. The molecule has 0 aliphatic carbocycles. The molecule has 0 aliphatic heterocycles. The summed E-state index contributed by atoms with van der Waals surface area (Å²) in [5, 5.41) is 14.1. The third-order valence-electron chi connectivity index (χ3n) is 3.14. The normalized spacial score (nSPS) is 10.2. The highest BCUT2D eigenvalue weighted by Gasteiger charge is 2.11. The van der Waals surface area contributed by atoms with Crippen molar-refractivity contribution in [3.8, 4) is 5.75 Å². The van der Waals surface area contributed by atoms with E-state index in [1.54, 1.807) is 26.2 Å². The number of nitrogens with one attached hydrogen (secondary N) is 1. The van der Waals surface area contributed by atoms with Crippen LogP contribution in [0.1, 0.15) is 11.1 Å². The third-order valence-corrected chi connectivity index (χ3v) is 3.92. The van der Waals surface area contributed by atoms with E-state index < -0.39 is 0 Å². The van der Waals surface area contributed by atoms with Gasteiger partial charge >= 0.3 is 0 Å². The van der Waals surface area contributed by atoms with E-state index in [0.29, 0.717) is 17.8 Å². The molecule has 2 rings (SSSR count). The van der Waals surface area contributed by atoms with Gasteiger partial charge in [0.25, 0.3) is 5.69 Å². The van der Waals surface area contributed by atoms with Crippen molar-refractivity contribution in [2.75, 3.05) is 12.4 Å². The number of aryl methyl sites for hydroxylation is 1. The summed E-state index contributed by atoms with van der Waals surface area (Å²) in [6.07, 6.45) is 0. The number of halogens is 1. The van der Waals surface area contributed by atoms with Crippen molar-refractivity contribution < 1.29 is 9.66 Å². The van der Waals surface area contributed by atoms with E-state index in [1.807, 2.05) is 24.3 Å². The molecule has 0 aliphatic rings. The number of nitro groups is 1. The predicted molar refractivity (Wildman–Crippen MR) is 85.9 cm³/mol. The molecular weight excluding hydrogens is 336 g/mol. The Morgan fingerprint density at radius 1 is 1.29 bits per heavy atom. The monoisotopic (exact) mass is 350 g/mol. The second-order valence-corrected chi connectivity index (χ2v) is 5.42. The summed E-state index contributed by atoms with van der Waals surface area (Å²) in [6.45, 7) is 2.26. The van der Waals surface area contributed by atoms with Crippen LogP contribution in [-0.2, 0) is 6.54 Å². The lowest BCUT2D eigenvalue weighted by Crippen LogP contribution is -2.02. The molecule has 2 aromatic carbocycles. The average Bonchev–Trinajstić information content (AvgIpc) is 2.47. The molecule has 0 heterocycles. The summed E-state index contributed by atoms with van der Waals surface area (Å²) in [7, 11) is 1.61. The van der Waals surface area contributed by atoms with Gasteiger partial charge in [0.05, 0.1) is 12.0 Å². The van der Waals surface area contributed by atoms with Crippen molar-refractivity contribution in [3.63, 3.8) is 0 Å². The topological polar surface area (TPSA) is 64.4 Å². The molecule has 0 saturated carbocycles. The fourth-order valence-electron chi connectivity index (χ4n) is 1.93. The second-order valence-electron chi connectivity index (χ2n) is 4.57. The molecule has 0 aromatic heterocycles. The van der Waals surface area contributed by atoms with E-state index in [4.69, 9.17) is 4.74 Å². The van der Waals surface area contributed by atoms with E-state index in [9.17, 15) is 10.1 Å². The van der Waals surface area contributed by atoms with Crippen molar-refractivity contribution in [1.82, 2.24) is 0 Å². The van der Waals surface area contributed by atoms with Gasteiger partial charge in [-0.1, -0.05) is 22.0 Å². The highest BCUT2D eigenvalue weighted by Crippen LogP contribution is 2.25. The van der Waals surface area contributed by atoms with Gasteiger partial charge in [-0.15, -0.1) is 0 Å². The molecule has 1 N–H and O–H groups in total. The van der Waals surface area contributed by atoms with Crippen LogP contribution in [0.3, 0.4) is 0 Å². The van der Waals surface area contributed by atoms with Gasteiger partial charge in [-0.2, -0.15) is 0 Å². The van der Waals surface area contributed by atoms with Crippen LogP contribution in [0.2, 0.25) is 0 Å². The number of benzene rings is 2. The third kappa shape index (κ3) is 3.72.